The molecule has 26 heavy (non-hydrogen) atoms. The van der Waals surface area contributed by atoms with Crippen LogP contribution in [0.25, 0.3) is 0 Å². The van der Waals surface area contributed by atoms with E-state index < -0.39 is 0 Å². The Hall–Kier alpha value is -1.06. The Balaban J connectivity index is 0.00000338. The summed E-state index contributed by atoms with van der Waals surface area (Å²) in [4.78, 5) is 27.8. The highest BCUT2D eigenvalue weighted by Crippen LogP contribution is 2.28. The molecule has 0 aromatic heterocycles. The number of rotatable bonds is 10. The maximum absolute atomic E-state index is 11.8. The predicted octanol–water partition coefficient (Wildman–Crippen LogP) is 1.95. The van der Waals surface area contributed by atoms with Crippen molar-refractivity contribution in [2.75, 3.05) is 26.2 Å². The van der Waals surface area contributed by atoms with E-state index in [4.69, 9.17) is 4.74 Å². The predicted molar refractivity (Wildman–Crippen MR) is 113 cm³/mol. The Bertz CT molecular complexity index is 463. The summed E-state index contributed by atoms with van der Waals surface area (Å²) < 4.78 is 5.43. The molecule has 150 valence electrons. The van der Waals surface area contributed by atoms with Gasteiger partial charge in [0.15, 0.2) is 5.96 Å². The number of halogens is 1. The third-order valence-electron chi connectivity index (χ3n) is 4.42. The van der Waals surface area contributed by atoms with Gasteiger partial charge in [-0.2, -0.15) is 0 Å². The van der Waals surface area contributed by atoms with E-state index in [0.717, 1.165) is 32.2 Å². The summed E-state index contributed by atoms with van der Waals surface area (Å²) in [7, 11) is 0. The molecule has 2 fully saturated rings. The number of nitrogens with zero attached hydrogens (tertiary/aromatic N) is 1. The van der Waals surface area contributed by atoms with E-state index in [1.54, 1.807) is 0 Å². The van der Waals surface area contributed by atoms with Gasteiger partial charge >= 0.3 is 5.97 Å². The molecule has 2 aliphatic rings. The highest BCUT2D eigenvalue weighted by atomic mass is 127. The fraction of sp³-hybridized carbons (Fsp3) is 0.833. The number of hydrogen-bond acceptors (Lipinski definition) is 4. The zero-order valence-corrected chi connectivity index (χ0v) is 18.1. The molecule has 0 heterocycles. The lowest BCUT2D eigenvalue weighted by atomic mass is 10.3. The van der Waals surface area contributed by atoms with E-state index >= 15 is 0 Å². The second-order valence-electron chi connectivity index (χ2n) is 6.75. The number of hydrogen-bond donors (Lipinski definition) is 3. The zero-order chi connectivity index (χ0) is 17.9. The van der Waals surface area contributed by atoms with Gasteiger partial charge in [-0.15, -0.1) is 24.0 Å². The van der Waals surface area contributed by atoms with Gasteiger partial charge in [-0.05, 0) is 51.9 Å². The number of guanidine groups is 1. The molecule has 2 saturated carbocycles. The summed E-state index contributed by atoms with van der Waals surface area (Å²) in [5, 5.41) is 9.27. The Morgan fingerprint density at radius 1 is 1.04 bits per heavy atom. The first-order chi connectivity index (χ1) is 12.2. The van der Waals surface area contributed by atoms with E-state index in [9.17, 15) is 9.59 Å². The number of esters is 1. The van der Waals surface area contributed by atoms with Gasteiger partial charge in [-0.25, -0.2) is 0 Å². The van der Waals surface area contributed by atoms with Crippen LogP contribution < -0.4 is 16.0 Å². The third kappa shape index (κ3) is 9.59. The van der Waals surface area contributed by atoms with Crippen LogP contribution in [0.2, 0.25) is 0 Å². The minimum Gasteiger partial charge on any atom is -0.462 e. The van der Waals surface area contributed by atoms with Crippen LogP contribution in [-0.4, -0.2) is 50.1 Å². The molecule has 0 aliphatic heterocycles. The largest absolute Gasteiger partial charge is 0.462 e. The first-order valence-electron chi connectivity index (χ1n) is 9.68. The van der Waals surface area contributed by atoms with Crippen LogP contribution in [-0.2, 0) is 14.3 Å². The number of nitrogens with one attached hydrogen (secondary N) is 3. The monoisotopic (exact) mass is 480 g/mol. The van der Waals surface area contributed by atoms with Crippen molar-refractivity contribution in [2.45, 2.75) is 64.4 Å². The summed E-state index contributed by atoms with van der Waals surface area (Å²) >= 11 is 0. The molecule has 0 atom stereocenters. The van der Waals surface area contributed by atoms with E-state index in [2.05, 4.69) is 20.9 Å². The van der Waals surface area contributed by atoms with Crippen molar-refractivity contribution in [1.82, 2.24) is 16.0 Å². The quantitative estimate of drug-likeness (QED) is 0.146. The average molecular weight is 480 g/mol. The van der Waals surface area contributed by atoms with Gasteiger partial charge in [0.05, 0.1) is 0 Å². The Kier molecular flexibility index (Phi) is 11.6. The number of amides is 1. The van der Waals surface area contributed by atoms with E-state index in [0.29, 0.717) is 38.4 Å². The second-order valence-corrected chi connectivity index (χ2v) is 6.75. The van der Waals surface area contributed by atoms with Crippen LogP contribution in [0.3, 0.4) is 0 Å². The van der Waals surface area contributed by atoms with Gasteiger partial charge in [0.2, 0.25) is 5.91 Å². The van der Waals surface area contributed by atoms with Crippen LogP contribution in [0.5, 0.6) is 0 Å². The molecular weight excluding hydrogens is 447 g/mol. The third-order valence-corrected chi connectivity index (χ3v) is 4.42. The topological polar surface area (TPSA) is 91.8 Å². The molecule has 0 spiro atoms. The normalized spacial score (nSPS) is 17.3. The molecule has 0 bridgehead atoms. The van der Waals surface area contributed by atoms with Crippen LogP contribution in [0.1, 0.15) is 58.3 Å². The summed E-state index contributed by atoms with van der Waals surface area (Å²) in [6, 6.07) is 0. The van der Waals surface area contributed by atoms with Crippen molar-refractivity contribution in [3.05, 3.63) is 0 Å². The Labute approximate surface area is 173 Å². The molecule has 0 saturated heterocycles. The molecule has 8 heteroatoms. The van der Waals surface area contributed by atoms with Crippen LogP contribution in [0, 0.1) is 5.92 Å². The fourth-order valence-electron chi connectivity index (χ4n) is 2.86. The lowest BCUT2D eigenvalue weighted by Crippen LogP contribution is -2.41. The van der Waals surface area contributed by atoms with Gasteiger partial charge in [-0.3, -0.25) is 14.6 Å². The maximum Gasteiger partial charge on any atom is 0.306 e. The smallest absolute Gasteiger partial charge is 0.306 e. The van der Waals surface area contributed by atoms with E-state index in [-0.39, 0.29) is 47.9 Å². The summed E-state index contributed by atoms with van der Waals surface area (Å²) in [6.07, 6.45) is 7.63. The number of aliphatic imine (C=N–C) groups is 1. The molecule has 0 aromatic rings. The van der Waals surface area contributed by atoms with Crippen LogP contribution in [0.15, 0.2) is 4.99 Å². The number of carbonyl (C=O) groups is 2. The Morgan fingerprint density at radius 2 is 1.73 bits per heavy atom. The molecule has 0 radical (unpaired) electrons. The van der Waals surface area contributed by atoms with Crippen molar-refractivity contribution in [1.29, 1.82) is 0 Å². The SMILES string of the molecule is CCNC(=NCCCC(=O)OC1CCCC1)NCCNC(=O)C1CC1.I. The molecule has 1 amide bonds. The lowest BCUT2D eigenvalue weighted by Gasteiger charge is -2.12. The fourth-order valence-corrected chi connectivity index (χ4v) is 2.86. The summed E-state index contributed by atoms with van der Waals surface area (Å²) in [6.45, 7) is 4.57. The molecule has 7 nitrogen and oxygen atoms in total. The zero-order valence-electron chi connectivity index (χ0n) is 15.7. The van der Waals surface area contributed by atoms with Crippen LogP contribution >= 0.6 is 24.0 Å². The van der Waals surface area contributed by atoms with E-state index in [1.165, 1.54) is 12.8 Å². The summed E-state index contributed by atoms with van der Waals surface area (Å²) in [5.74, 6) is 1.01. The highest BCUT2D eigenvalue weighted by Gasteiger charge is 2.28. The van der Waals surface area contributed by atoms with Crippen molar-refractivity contribution in [2.24, 2.45) is 10.9 Å². The first kappa shape index (κ1) is 23.0. The summed E-state index contributed by atoms with van der Waals surface area (Å²) in [5.41, 5.74) is 0. The molecule has 0 aromatic carbocycles. The molecule has 0 unspecified atom stereocenters. The molecular formula is C18H33IN4O3. The maximum atomic E-state index is 11.8. The molecule has 2 aliphatic carbocycles. The number of ether oxygens (including phenoxy) is 1. The number of carbonyl (C=O) groups excluding carboxylic acids is 2. The highest BCUT2D eigenvalue weighted by molar-refractivity contribution is 14.0. The molecule has 2 rings (SSSR count). The van der Waals surface area contributed by atoms with Crippen molar-refractivity contribution >= 4 is 41.8 Å². The standard InChI is InChI=1S/C18H32N4O3.HI/c1-2-19-18(22-13-12-20-17(24)14-9-10-14)21-11-5-8-16(23)25-15-6-3-4-7-15;/h14-15H,2-13H2,1H3,(H,20,24)(H2,19,21,22);1H. The van der Waals surface area contributed by atoms with E-state index in [1.807, 2.05) is 6.92 Å². The van der Waals surface area contributed by atoms with Gasteiger partial charge in [0.1, 0.15) is 6.10 Å². The van der Waals surface area contributed by atoms with Crippen molar-refractivity contribution < 1.29 is 14.3 Å². The van der Waals surface area contributed by atoms with Crippen molar-refractivity contribution in [3.8, 4) is 0 Å². The minimum atomic E-state index is -0.108. The average Bonchev–Trinajstić information content (AvgIpc) is 3.33. The van der Waals surface area contributed by atoms with Crippen LogP contribution in [0.4, 0.5) is 0 Å². The van der Waals surface area contributed by atoms with Gasteiger partial charge in [0, 0.05) is 38.5 Å². The lowest BCUT2D eigenvalue weighted by molar-refractivity contribution is -0.148. The van der Waals surface area contributed by atoms with Crippen molar-refractivity contribution in [3.63, 3.8) is 0 Å². The first-order valence-corrected chi connectivity index (χ1v) is 9.68. The molecule has 3 N–H and O–H groups in total. The Morgan fingerprint density at radius 3 is 2.38 bits per heavy atom. The van der Waals surface area contributed by atoms with Gasteiger partial charge in [0.25, 0.3) is 0 Å². The van der Waals surface area contributed by atoms with Gasteiger partial charge in [-0.1, -0.05) is 0 Å². The van der Waals surface area contributed by atoms with Gasteiger partial charge < -0.3 is 20.7 Å². The minimum absolute atomic E-state index is 0. The second kappa shape index (κ2) is 13.2.